The van der Waals surface area contributed by atoms with Crippen molar-refractivity contribution < 1.29 is 9.53 Å². The SMILES string of the molecule is CCOC(=O)C1=Cc2nc(C)cc(C)c2CC1. The summed E-state index contributed by atoms with van der Waals surface area (Å²) in [7, 11) is 0. The molecule has 0 aliphatic heterocycles. The second-order valence-electron chi connectivity index (χ2n) is 4.33. The second kappa shape index (κ2) is 4.70. The van der Waals surface area contributed by atoms with Gasteiger partial charge in [-0.15, -0.1) is 0 Å². The van der Waals surface area contributed by atoms with E-state index in [-0.39, 0.29) is 5.97 Å². The molecule has 1 heterocycles. The molecular formula is C14H17NO2. The molecule has 0 atom stereocenters. The molecule has 0 saturated carbocycles. The largest absolute Gasteiger partial charge is 0.463 e. The highest BCUT2D eigenvalue weighted by atomic mass is 16.5. The van der Waals surface area contributed by atoms with E-state index in [0.717, 1.165) is 29.8 Å². The smallest absolute Gasteiger partial charge is 0.334 e. The van der Waals surface area contributed by atoms with Gasteiger partial charge in [0.2, 0.25) is 0 Å². The van der Waals surface area contributed by atoms with Crippen molar-refractivity contribution in [2.45, 2.75) is 33.6 Å². The predicted molar refractivity (Wildman–Crippen MR) is 66.6 cm³/mol. The molecule has 1 aromatic rings. The second-order valence-corrected chi connectivity index (χ2v) is 4.33. The van der Waals surface area contributed by atoms with Crippen LogP contribution in [0.25, 0.3) is 6.08 Å². The molecule has 0 N–H and O–H groups in total. The summed E-state index contributed by atoms with van der Waals surface area (Å²) in [5, 5.41) is 0. The van der Waals surface area contributed by atoms with Crippen LogP contribution in [0.3, 0.4) is 0 Å². The molecule has 2 rings (SSSR count). The van der Waals surface area contributed by atoms with Crippen LogP contribution >= 0.6 is 0 Å². The predicted octanol–water partition coefficient (Wildman–Crippen LogP) is 2.59. The summed E-state index contributed by atoms with van der Waals surface area (Å²) in [6.07, 6.45) is 3.49. The molecule has 0 radical (unpaired) electrons. The number of fused-ring (bicyclic) bond motifs is 1. The van der Waals surface area contributed by atoms with E-state index in [0.29, 0.717) is 6.61 Å². The van der Waals surface area contributed by atoms with E-state index < -0.39 is 0 Å². The average Bonchev–Trinajstić information content (AvgIpc) is 2.28. The summed E-state index contributed by atoms with van der Waals surface area (Å²) in [4.78, 5) is 16.1. The van der Waals surface area contributed by atoms with Gasteiger partial charge in [0.05, 0.1) is 12.3 Å². The number of aromatic nitrogens is 1. The summed E-state index contributed by atoms with van der Waals surface area (Å²) in [5.41, 5.74) is 5.16. The minimum atomic E-state index is -0.209. The Bertz CT molecular complexity index is 489. The first-order chi connectivity index (χ1) is 8.11. The molecule has 1 aliphatic rings. The first kappa shape index (κ1) is 11.8. The lowest BCUT2D eigenvalue weighted by Crippen LogP contribution is -2.13. The van der Waals surface area contributed by atoms with Crippen molar-refractivity contribution in [3.05, 3.63) is 34.2 Å². The van der Waals surface area contributed by atoms with Crippen LogP contribution in [0, 0.1) is 13.8 Å². The summed E-state index contributed by atoms with van der Waals surface area (Å²) >= 11 is 0. The Morgan fingerprint density at radius 2 is 2.18 bits per heavy atom. The van der Waals surface area contributed by atoms with Gasteiger partial charge in [0.15, 0.2) is 0 Å². The minimum Gasteiger partial charge on any atom is -0.463 e. The highest BCUT2D eigenvalue weighted by Gasteiger charge is 2.19. The number of ether oxygens (including phenoxy) is 1. The van der Waals surface area contributed by atoms with Crippen molar-refractivity contribution in [1.82, 2.24) is 4.98 Å². The van der Waals surface area contributed by atoms with Crippen molar-refractivity contribution >= 4 is 12.0 Å². The number of aryl methyl sites for hydroxylation is 2. The minimum absolute atomic E-state index is 0.209. The van der Waals surface area contributed by atoms with Crippen molar-refractivity contribution in [2.24, 2.45) is 0 Å². The molecule has 17 heavy (non-hydrogen) atoms. The van der Waals surface area contributed by atoms with Crippen LogP contribution in [0.15, 0.2) is 11.6 Å². The Hall–Kier alpha value is -1.64. The van der Waals surface area contributed by atoms with Crippen molar-refractivity contribution in [3.8, 4) is 0 Å². The highest BCUT2D eigenvalue weighted by Crippen LogP contribution is 2.26. The number of carbonyl (C=O) groups is 1. The standard InChI is InChI=1S/C14H17NO2/c1-4-17-14(16)11-5-6-12-9(2)7-10(3)15-13(12)8-11/h7-8H,4-6H2,1-3H3. The van der Waals surface area contributed by atoms with Crippen LogP contribution in [0.1, 0.15) is 35.9 Å². The Morgan fingerprint density at radius 3 is 2.88 bits per heavy atom. The Morgan fingerprint density at radius 1 is 1.41 bits per heavy atom. The highest BCUT2D eigenvalue weighted by molar-refractivity contribution is 5.94. The normalized spacial score (nSPS) is 13.9. The fourth-order valence-corrected chi connectivity index (χ4v) is 2.22. The van der Waals surface area contributed by atoms with Gasteiger partial charge < -0.3 is 4.74 Å². The van der Waals surface area contributed by atoms with Gasteiger partial charge in [-0.2, -0.15) is 0 Å². The van der Waals surface area contributed by atoms with E-state index in [9.17, 15) is 4.79 Å². The van der Waals surface area contributed by atoms with E-state index in [1.165, 1.54) is 11.1 Å². The summed E-state index contributed by atoms with van der Waals surface area (Å²) in [6.45, 7) is 6.31. The van der Waals surface area contributed by atoms with Gasteiger partial charge in [-0.3, -0.25) is 4.98 Å². The molecule has 0 bridgehead atoms. The fraction of sp³-hybridized carbons (Fsp3) is 0.429. The topological polar surface area (TPSA) is 39.2 Å². The van der Waals surface area contributed by atoms with Gasteiger partial charge in [0.1, 0.15) is 0 Å². The number of carbonyl (C=O) groups excluding carboxylic acids is 1. The van der Waals surface area contributed by atoms with Gasteiger partial charge in [0, 0.05) is 11.3 Å². The molecule has 1 aliphatic carbocycles. The molecule has 90 valence electrons. The van der Waals surface area contributed by atoms with E-state index in [1.54, 1.807) is 0 Å². The maximum atomic E-state index is 11.7. The lowest BCUT2D eigenvalue weighted by molar-refractivity contribution is -0.138. The third-order valence-corrected chi connectivity index (χ3v) is 3.00. The van der Waals surface area contributed by atoms with Crippen molar-refractivity contribution in [1.29, 1.82) is 0 Å². The number of hydrogen-bond donors (Lipinski definition) is 0. The number of rotatable bonds is 2. The summed E-state index contributed by atoms with van der Waals surface area (Å²) in [6, 6.07) is 2.09. The molecule has 3 heteroatoms. The Balaban J connectivity index is 2.37. The zero-order chi connectivity index (χ0) is 12.4. The molecule has 0 unspecified atom stereocenters. The first-order valence-corrected chi connectivity index (χ1v) is 5.96. The lowest BCUT2D eigenvalue weighted by atomic mass is 9.92. The zero-order valence-electron chi connectivity index (χ0n) is 10.5. The molecule has 0 spiro atoms. The first-order valence-electron chi connectivity index (χ1n) is 5.96. The van der Waals surface area contributed by atoms with Crippen LogP contribution in [0.2, 0.25) is 0 Å². The van der Waals surface area contributed by atoms with Gasteiger partial charge in [-0.1, -0.05) is 0 Å². The zero-order valence-corrected chi connectivity index (χ0v) is 10.5. The Kier molecular flexibility index (Phi) is 3.27. The van der Waals surface area contributed by atoms with Gasteiger partial charge in [0.25, 0.3) is 0 Å². The van der Waals surface area contributed by atoms with Crippen molar-refractivity contribution in [2.75, 3.05) is 6.61 Å². The van der Waals surface area contributed by atoms with E-state index in [1.807, 2.05) is 19.9 Å². The number of esters is 1. The number of nitrogens with zero attached hydrogens (tertiary/aromatic N) is 1. The molecule has 1 aromatic heterocycles. The molecule has 0 saturated heterocycles. The number of pyridine rings is 1. The molecule has 0 aromatic carbocycles. The maximum Gasteiger partial charge on any atom is 0.334 e. The van der Waals surface area contributed by atoms with Crippen LogP contribution in [-0.2, 0) is 16.0 Å². The van der Waals surface area contributed by atoms with Gasteiger partial charge in [-0.25, -0.2) is 4.79 Å². The molecule has 0 amide bonds. The van der Waals surface area contributed by atoms with E-state index in [4.69, 9.17) is 4.74 Å². The van der Waals surface area contributed by atoms with Crippen LogP contribution in [-0.4, -0.2) is 17.6 Å². The summed E-state index contributed by atoms with van der Waals surface area (Å²) in [5.74, 6) is -0.209. The third kappa shape index (κ3) is 2.38. The van der Waals surface area contributed by atoms with Crippen LogP contribution < -0.4 is 0 Å². The number of hydrogen-bond acceptors (Lipinski definition) is 3. The third-order valence-electron chi connectivity index (χ3n) is 3.00. The van der Waals surface area contributed by atoms with Crippen LogP contribution in [0.5, 0.6) is 0 Å². The van der Waals surface area contributed by atoms with Gasteiger partial charge >= 0.3 is 5.97 Å². The molecule has 3 nitrogen and oxygen atoms in total. The fourth-order valence-electron chi connectivity index (χ4n) is 2.22. The van der Waals surface area contributed by atoms with Gasteiger partial charge in [-0.05, 0) is 56.9 Å². The van der Waals surface area contributed by atoms with E-state index >= 15 is 0 Å². The van der Waals surface area contributed by atoms with Crippen molar-refractivity contribution in [3.63, 3.8) is 0 Å². The van der Waals surface area contributed by atoms with Crippen LogP contribution in [0.4, 0.5) is 0 Å². The molecule has 0 fully saturated rings. The quantitative estimate of drug-likeness (QED) is 0.734. The average molecular weight is 231 g/mol. The summed E-state index contributed by atoms with van der Waals surface area (Å²) < 4.78 is 5.02. The molecular weight excluding hydrogens is 214 g/mol. The van der Waals surface area contributed by atoms with E-state index in [2.05, 4.69) is 18.0 Å². The Labute approximate surface area is 102 Å². The maximum absolute atomic E-state index is 11.7. The lowest BCUT2D eigenvalue weighted by Gasteiger charge is -2.17. The monoisotopic (exact) mass is 231 g/mol.